The number of rotatable bonds is 1. The summed E-state index contributed by atoms with van der Waals surface area (Å²) in [5.41, 5.74) is 1.12. The summed E-state index contributed by atoms with van der Waals surface area (Å²) in [6.45, 7) is 1.98. The fraction of sp³-hybridized carbons (Fsp3) is 0.333. The van der Waals surface area contributed by atoms with Gasteiger partial charge in [0.15, 0.2) is 0 Å². The topological polar surface area (TPSA) is 29.4 Å². The minimum atomic E-state index is -2.15. The number of nitrogens with zero attached hydrogens (tertiary/aromatic N) is 1. The Kier molecular flexibility index (Phi) is 2.52. The van der Waals surface area contributed by atoms with Crippen molar-refractivity contribution in [2.75, 3.05) is 13.3 Å². The van der Waals surface area contributed by atoms with Crippen LogP contribution in [-0.2, 0) is 9.73 Å². The van der Waals surface area contributed by atoms with E-state index in [4.69, 9.17) is 0 Å². The lowest BCUT2D eigenvalue weighted by molar-refractivity contribution is 0.680. The first-order valence-electron chi connectivity index (χ1n) is 3.73. The molecule has 66 valence electrons. The molecule has 0 aliphatic carbocycles. The summed E-state index contributed by atoms with van der Waals surface area (Å²) in [6, 6.07) is 7.64. The van der Waals surface area contributed by atoms with E-state index in [9.17, 15) is 4.21 Å². The Hall–Kier alpha value is -0.830. The van der Waals surface area contributed by atoms with Gasteiger partial charge in [-0.3, -0.25) is 0 Å². The van der Waals surface area contributed by atoms with Crippen LogP contribution in [0.25, 0.3) is 0 Å². The molecule has 0 fully saturated rings. The molecule has 1 aromatic carbocycles. The van der Waals surface area contributed by atoms with Gasteiger partial charge in [-0.25, -0.2) is 8.57 Å². The highest BCUT2D eigenvalue weighted by atomic mass is 32.2. The van der Waals surface area contributed by atoms with Gasteiger partial charge in [-0.2, -0.15) is 0 Å². The number of benzene rings is 1. The fourth-order valence-corrected chi connectivity index (χ4v) is 1.90. The molecular formula is C9H13NOS. The summed E-state index contributed by atoms with van der Waals surface area (Å²) in [5.74, 6) is 0. The number of hydrogen-bond donors (Lipinski definition) is 0. The van der Waals surface area contributed by atoms with E-state index in [0.717, 1.165) is 10.5 Å². The second-order valence-corrected chi connectivity index (χ2v) is 5.24. The molecule has 0 N–H and O–H groups in total. The van der Waals surface area contributed by atoms with E-state index in [-0.39, 0.29) is 0 Å². The quantitative estimate of drug-likeness (QED) is 0.655. The zero-order valence-electron chi connectivity index (χ0n) is 7.57. The highest BCUT2D eigenvalue weighted by molar-refractivity contribution is 7.93. The Morgan fingerprint density at radius 1 is 1.42 bits per heavy atom. The van der Waals surface area contributed by atoms with Crippen LogP contribution in [0.2, 0.25) is 0 Å². The van der Waals surface area contributed by atoms with Crippen LogP contribution in [0.1, 0.15) is 5.56 Å². The van der Waals surface area contributed by atoms with E-state index in [1.807, 2.05) is 31.2 Å². The van der Waals surface area contributed by atoms with Crippen LogP contribution >= 0.6 is 0 Å². The third-order valence-corrected chi connectivity index (χ3v) is 3.60. The van der Waals surface area contributed by atoms with Gasteiger partial charge in [-0.15, -0.1) is 0 Å². The van der Waals surface area contributed by atoms with Gasteiger partial charge in [0.05, 0.1) is 9.73 Å². The molecule has 0 aliphatic heterocycles. The third kappa shape index (κ3) is 1.85. The van der Waals surface area contributed by atoms with Crippen LogP contribution in [0, 0.1) is 6.92 Å². The summed E-state index contributed by atoms with van der Waals surface area (Å²) in [5, 5.41) is 0. The van der Waals surface area contributed by atoms with Gasteiger partial charge in [-0.1, -0.05) is 12.1 Å². The van der Waals surface area contributed by atoms with E-state index in [0.29, 0.717) is 0 Å². The first-order valence-corrected chi connectivity index (χ1v) is 5.65. The van der Waals surface area contributed by atoms with Crippen molar-refractivity contribution < 1.29 is 4.21 Å². The number of hydrogen-bond acceptors (Lipinski definition) is 2. The molecule has 1 aromatic rings. The summed E-state index contributed by atoms with van der Waals surface area (Å²) in [7, 11) is -0.558. The highest BCUT2D eigenvalue weighted by Crippen LogP contribution is 2.12. The van der Waals surface area contributed by atoms with E-state index >= 15 is 0 Å². The van der Waals surface area contributed by atoms with Crippen molar-refractivity contribution >= 4 is 9.73 Å². The molecule has 2 nitrogen and oxygen atoms in total. The minimum absolute atomic E-state index is 0.810. The molecule has 1 rings (SSSR count). The predicted molar refractivity (Wildman–Crippen MR) is 51.9 cm³/mol. The Balaban J connectivity index is 3.31. The smallest absolute Gasteiger partial charge is 0.0720 e. The van der Waals surface area contributed by atoms with Crippen LogP contribution < -0.4 is 0 Å². The SMILES string of the molecule is CN=[S@@](C)(=O)c1cccc(C)c1. The normalized spacial score (nSPS) is 15.2. The molecule has 0 aliphatic rings. The molecule has 0 spiro atoms. The predicted octanol–water partition coefficient (Wildman–Crippen LogP) is 2.08. The van der Waals surface area contributed by atoms with Crippen LogP contribution in [0.3, 0.4) is 0 Å². The van der Waals surface area contributed by atoms with Crippen LogP contribution in [0.4, 0.5) is 0 Å². The van der Waals surface area contributed by atoms with Gasteiger partial charge in [0, 0.05) is 18.2 Å². The molecule has 0 bridgehead atoms. The average Bonchev–Trinajstić information content (AvgIpc) is 2.05. The zero-order chi connectivity index (χ0) is 9.19. The maximum Gasteiger partial charge on any atom is 0.0720 e. The average molecular weight is 183 g/mol. The van der Waals surface area contributed by atoms with Crippen molar-refractivity contribution in [3.63, 3.8) is 0 Å². The maximum absolute atomic E-state index is 11.7. The van der Waals surface area contributed by atoms with Gasteiger partial charge < -0.3 is 0 Å². The van der Waals surface area contributed by atoms with Gasteiger partial charge in [0.1, 0.15) is 0 Å². The lowest BCUT2D eigenvalue weighted by Gasteiger charge is -2.02. The summed E-state index contributed by atoms with van der Waals surface area (Å²) in [6.07, 6.45) is 1.65. The minimum Gasteiger partial charge on any atom is -0.245 e. The van der Waals surface area contributed by atoms with Gasteiger partial charge in [0.25, 0.3) is 0 Å². The fourth-order valence-electron chi connectivity index (χ4n) is 0.956. The highest BCUT2D eigenvalue weighted by Gasteiger charge is 2.02. The van der Waals surface area contributed by atoms with Crippen molar-refractivity contribution in [2.24, 2.45) is 4.36 Å². The van der Waals surface area contributed by atoms with Crippen molar-refractivity contribution in [2.45, 2.75) is 11.8 Å². The van der Waals surface area contributed by atoms with E-state index in [2.05, 4.69) is 4.36 Å². The molecule has 3 heteroatoms. The lowest BCUT2D eigenvalue weighted by atomic mass is 10.2. The molecule has 0 saturated heterocycles. The van der Waals surface area contributed by atoms with Crippen molar-refractivity contribution in [1.82, 2.24) is 0 Å². The second kappa shape index (κ2) is 3.27. The first-order chi connectivity index (χ1) is 5.56. The summed E-state index contributed by atoms with van der Waals surface area (Å²) in [4.78, 5) is 0.810. The Bertz CT molecular complexity index is 389. The van der Waals surface area contributed by atoms with Crippen molar-refractivity contribution in [1.29, 1.82) is 0 Å². The van der Waals surface area contributed by atoms with Crippen LogP contribution in [-0.4, -0.2) is 17.5 Å². The standard InChI is InChI=1S/C9H13NOS/c1-8-5-4-6-9(7-8)12(3,11)10-2/h4-7H,1-3H3/t12-/m0/s1. The first kappa shape index (κ1) is 9.26. The summed E-state index contributed by atoms with van der Waals surface area (Å²) < 4.78 is 15.6. The van der Waals surface area contributed by atoms with E-state index in [1.165, 1.54) is 0 Å². The number of aryl methyl sites for hydroxylation is 1. The van der Waals surface area contributed by atoms with Crippen molar-refractivity contribution in [3.05, 3.63) is 29.8 Å². The van der Waals surface area contributed by atoms with Crippen molar-refractivity contribution in [3.8, 4) is 0 Å². The summed E-state index contributed by atoms with van der Waals surface area (Å²) >= 11 is 0. The van der Waals surface area contributed by atoms with Crippen LogP contribution in [0.15, 0.2) is 33.5 Å². The Labute approximate surface area is 73.8 Å². The van der Waals surface area contributed by atoms with Gasteiger partial charge >= 0.3 is 0 Å². The lowest BCUT2D eigenvalue weighted by Crippen LogP contribution is -1.96. The van der Waals surface area contributed by atoms with Crippen LogP contribution in [0.5, 0.6) is 0 Å². The molecule has 0 amide bonds. The van der Waals surface area contributed by atoms with Gasteiger partial charge in [0.2, 0.25) is 0 Å². The molecule has 0 saturated carbocycles. The Morgan fingerprint density at radius 3 is 2.58 bits per heavy atom. The third-order valence-electron chi connectivity index (χ3n) is 1.78. The second-order valence-electron chi connectivity index (χ2n) is 2.80. The molecule has 12 heavy (non-hydrogen) atoms. The van der Waals surface area contributed by atoms with E-state index < -0.39 is 9.73 Å². The Morgan fingerprint density at radius 2 is 2.08 bits per heavy atom. The largest absolute Gasteiger partial charge is 0.245 e. The molecular weight excluding hydrogens is 170 g/mol. The molecule has 1 atom stereocenters. The maximum atomic E-state index is 11.7. The van der Waals surface area contributed by atoms with Gasteiger partial charge in [-0.05, 0) is 24.6 Å². The monoisotopic (exact) mass is 183 g/mol. The van der Waals surface area contributed by atoms with E-state index in [1.54, 1.807) is 13.3 Å². The molecule has 0 unspecified atom stereocenters. The molecule has 0 radical (unpaired) electrons. The molecule has 0 aromatic heterocycles. The molecule has 0 heterocycles. The zero-order valence-corrected chi connectivity index (χ0v) is 8.39.